The number of hydrogen-bond acceptors (Lipinski definition) is 3. The van der Waals surface area contributed by atoms with Gasteiger partial charge in [-0.05, 0) is 37.8 Å². The quantitative estimate of drug-likeness (QED) is 0.780. The molecule has 3 N–H and O–H groups in total. The van der Waals surface area contributed by atoms with Gasteiger partial charge in [0.05, 0.1) is 5.69 Å². The molecule has 2 unspecified atom stereocenters. The zero-order valence-electron chi connectivity index (χ0n) is 9.46. The van der Waals surface area contributed by atoms with Crippen molar-refractivity contribution < 1.29 is 0 Å². The molecule has 1 fully saturated rings. The van der Waals surface area contributed by atoms with Crippen LogP contribution in [-0.2, 0) is 0 Å². The summed E-state index contributed by atoms with van der Waals surface area (Å²) in [5.74, 6) is 1.58. The Balaban J connectivity index is 2.12. The zero-order chi connectivity index (χ0) is 10.8. The lowest BCUT2D eigenvalue weighted by atomic mass is 10.1. The summed E-state index contributed by atoms with van der Waals surface area (Å²) in [4.78, 5) is 4.43. The van der Waals surface area contributed by atoms with Gasteiger partial charge in [0.2, 0.25) is 0 Å². The number of nitrogens with two attached hydrogens (primary N) is 1. The first-order valence-electron chi connectivity index (χ1n) is 5.66. The maximum atomic E-state index is 5.89. The third-order valence-corrected chi connectivity index (χ3v) is 3.25. The van der Waals surface area contributed by atoms with Gasteiger partial charge in [-0.25, -0.2) is 4.98 Å². The molecule has 0 radical (unpaired) electrons. The van der Waals surface area contributed by atoms with Crippen molar-refractivity contribution in [2.75, 3.05) is 11.1 Å². The number of nitrogen functional groups attached to an aromatic ring is 1. The lowest BCUT2D eigenvalue weighted by molar-refractivity contribution is 0.555. The van der Waals surface area contributed by atoms with Crippen molar-refractivity contribution in [1.82, 2.24) is 4.98 Å². The fourth-order valence-corrected chi connectivity index (χ4v) is 2.22. The van der Waals surface area contributed by atoms with Gasteiger partial charge >= 0.3 is 0 Å². The lowest BCUT2D eigenvalue weighted by Gasteiger charge is -2.19. The predicted octanol–water partition coefficient (Wildman–Crippen LogP) is 2.57. The molecule has 0 aromatic carbocycles. The molecule has 0 amide bonds. The molecular weight excluding hydrogens is 186 g/mol. The summed E-state index contributed by atoms with van der Waals surface area (Å²) < 4.78 is 0. The zero-order valence-corrected chi connectivity index (χ0v) is 9.46. The average Bonchev–Trinajstić information content (AvgIpc) is 2.58. The molecule has 2 atom stereocenters. The molecule has 1 aromatic rings. The normalized spacial score (nSPS) is 25.5. The molecule has 1 aliphatic carbocycles. The van der Waals surface area contributed by atoms with Crippen molar-refractivity contribution in [2.24, 2.45) is 5.92 Å². The van der Waals surface area contributed by atoms with Crippen LogP contribution in [0.15, 0.2) is 12.1 Å². The van der Waals surface area contributed by atoms with Crippen LogP contribution in [0.3, 0.4) is 0 Å². The van der Waals surface area contributed by atoms with Gasteiger partial charge in [0.1, 0.15) is 5.82 Å². The molecule has 2 rings (SSSR count). The monoisotopic (exact) mass is 205 g/mol. The Kier molecular flexibility index (Phi) is 2.80. The number of pyridine rings is 1. The van der Waals surface area contributed by atoms with Crippen LogP contribution in [0.5, 0.6) is 0 Å². The van der Waals surface area contributed by atoms with Crippen LogP contribution in [0, 0.1) is 12.8 Å². The van der Waals surface area contributed by atoms with E-state index in [0.29, 0.717) is 6.04 Å². The highest BCUT2D eigenvalue weighted by atomic mass is 15.0. The van der Waals surface area contributed by atoms with E-state index in [0.717, 1.165) is 23.1 Å². The summed E-state index contributed by atoms with van der Waals surface area (Å²) in [6, 6.07) is 4.41. The maximum absolute atomic E-state index is 5.89. The van der Waals surface area contributed by atoms with E-state index in [-0.39, 0.29) is 0 Å². The van der Waals surface area contributed by atoms with Crippen LogP contribution >= 0.6 is 0 Å². The highest BCUT2D eigenvalue weighted by Crippen LogP contribution is 2.29. The minimum absolute atomic E-state index is 0.543. The van der Waals surface area contributed by atoms with E-state index in [9.17, 15) is 0 Å². The Bertz CT molecular complexity index is 349. The van der Waals surface area contributed by atoms with E-state index in [1.807, 2.05) is 19.1 Å². The second kappa shape index (κ2) is 4.09. The standard InChI is InChI=1S/C12H19N3/c1-8-4-3-5-11(8)15-12-10(13)7-6-9(2)14-12/h6-8,11H,3-5,13H2,1-2H3,(H,14,15). The molecule has 1 saturated carbocycles. The van der Waals surface area contributed by atoms with E-state index in [2.05, 4.69) is 17.2 Å². The van der Waals surface area contributed by atoms with Crippen LogP contribution in [0.1, 0.15) is 31.9 Å². The van der Waals surface area contributed by atoms with Crippen LogP contribution in [-0.4, -0.2) is 11.0 Å². The minimum Gasteiger partial charge on any atom is -0.396 e. The Morgan fingerprint density at radius 2 is 2.20 bits per heavy atom. The molecule has 15 heavy (non-hydrogen) atoms. The molecule has 3 heteroatoms. The molecule has 0 spiro atoms. The van der Waals surface area contributed by atoms with Crippen molar-refractivity contribution in [2.45, 2.75) is 39.2 Å². The van der Waals surface area contributed by atoms with Gasteiger partial charge in [-0.3, -0.25) is 0 Å². The summed E-state index contributed by atoms with van der Waals surface area (Å²) in [5, 5.41) is 3.46. The number of nitrogens with zero attached hydrogens (tertiary/aromatic N) is 1. The van der Waals surface area contributed by atoms with Crippen molar-refractivity contribution in [3.05, 3.63) is 17.8 Å². The van der Waals surface area contributed by atoms with Gasteiger partial charge in [0, 0.05) is 11.7 Å². The largest absolute Gasteiger partial charge is 0.396 e. The van der Waals surface area contributed by atoms with Gasteiger partial charge < -0.3 is 11.1 Å². The van der Waals surface area contributed by atoms with Crippen LogP contribution in [0.2, 0.25) is 0 Å². The molecule has 1 aromatic heterocycles. The summed E-state index contributed by atoms with van der Waals surface area (Å²) in [7, 11) is 0. The van der Waals surface area contributed by atoms with Gasteiger partial charge in [-0.2, -0.15) is 0 Å². The number of rotatable bonds is 2. The van der Waals surface area contributed by atoms with Crippen LogP contribution in [0.25, 0.3) is 0 Å². The summed E-state index contributed by atoms with van der Waals surface area (Å²) in [5.41, 5.74) is 7.65. The van der Waals surface area contributed by atoms with E-state index >= 15 is 0 Å². The number of nitrogens with one attached hydrogen (secondary N) is 1. The molecule has 0 saturated heterocycles. The third-order valence-electron chi connectivity index (χ3n) is 3.25. The smallest absolute Gasteiger partial charge is 0.149 e. The fourth-order valence-electron chi connectivity index (χ4n) is 2.22. The highest BCUT2D eigenvalue weighted by Gasteiger charge is 2.23. The van der Waals surface area contributed by atoms with Gasteiger partial charge in [-0.15, -0.1) is 0 Å². The summed E-state index contributed by atoms with van der Waals surface area (Å²) >= 11 is 0. The van der Waals surface area contributed by atoms with E-state index in [1.54, 1.807) is 0 Å². The van der Waals surface area contributed by atoms with E-state index in [1.165, 1.54) is 19.3 Å². The Hall–Kier alpha value is -1.25. The second-order valence-corrected chi connectivity index (χ2v) is 4.55. The number of aromatic nitrogens is 1. The van der Waals surface area contributed by atoms with E-state index in [4.69, 9.17) is 5.73 Å². The molecule has 1 heterocycles. The summed E-state index contributed by atoms with van der Waals surface area (Å²) in [6.45, 7) is 4.28. The van der Waals surface area contributed by atoms with Crippen LogP contribution in [0.4, 0.5) is 11.5 Å². The van der Waals surface area contributed by atoms with Crippen molar-refractivity contribution in [3.8, 4) is 0 Å². The number of aryl methyl sites for hydroxylation is 1. The first-order valence-corrected chi connectivity index (χ1v) is 5.66. The third kappa shape index (κ3) is 2.22. The minimum atomic E-state index is 0.543. The molecule has 3 nitrogen and oxygen atoms in total. The van der Waals surface area contributed by atoms with Crippen molar-refractivity contribution >= 4 is 11.5 Å². The molecule has 82 valence electrons. The highest BCUT2D eigenvalue weighted by molar-refractivity contribution is 5.61. The maximum Gasteiger partial charge on any atom is 0.149 e. The van der Waals surface area contributed by atoms with Gasteiger partial charge in [-0.1, -0.05) is 13.3 Å². The molecule has 0 bridgehead atoms. The fraction of sp³-hybridized carbons (Fsp3) is 0.583. The number of anilines is 2. The van der Waals surface area contributed by atoms with Crippen molar-refractivity contribution in [3.63, 3.8) is 0 Å². The Morgan fingerprint density at radius 3 is 2.87 bits per heavy atom. The topological polar surface area (TPSA) is 50.9 Å². The SMILES string of the molecule is Cc1ccc(N)c(NC2CCCC2C)n1. The first-order chi connectivity index (χ1) is 7.16. The lowest BCUT2D eigenvalue weighted by Crippen LogP contribution is -2.23. The summed E-state index contributed by atoms with van der Waals surface area (Å²) in [6.07, 6.45) is 3.85. The predicted molar refractivity (Wildman–Crippen MR) is 63.8 cm³/mol. The van der Waals surface area contributed by atoms with E-state index < -0.39 is 0 Å². The van der Waals surface area contributed by atoms with Crippen molar-refractivity contribution in [1.29, 1.82) is 0 Å². The Labute approximate surface area is 91.1 Å². The van der Waals surface area contributed by atoms with Gasteiger partial charge in [0.15, 0.2) is 0 Å². The number of hydrogen-bond donors (Lipinski definition) is 2. The molecule has 1 aliphatic rings. The average molecular weight is 205 g/mol. The first kappa shape index (κ1) is 10.3. The van der Waals surface area contributed by atoms with Gasteiger partial charge in [0.25, 0.3) is 0 Å². The molecular formula is C12H19N3. The van der Waals surface area contributed by atoms with Crippen LogP contribution < -0.4 is 11.1 Å². The molecule has 0 aliphatic heterocycles. The second-order valence-electron chi connectivity index (χ2n) is 4.55. The Morgan fingerprint density at radius 1 is 1.40 bits per heavy atom.